The summed E-state index contributed by atoms with van der Waals surface area (Å²) in [6.45, 7) is 7.23. The molecule has 0 spiro atoms. The van der Waals surface area contributed by atoms with Crippen molar-refractivity contribution in [3.05, 3.63) is 41.5 Å². The summed E-state index contributed by atoms with van der Waals surface area (Å²) in [5, 5.41) is 0. The fraction of sp³-hybridized carbons (Fsp3) is 0.438. The Bertz CT molecular complexity index is 457. The number of morpholine rings is 1. The summed E-state index contributed by atoms with van der Waals surface area (Å²) >= 11 is 0. The quantitative estimate of drug-likeness (QED) is 0.764. The summed E-state index contributed by atoms with van der Waals surface area (Å²) in [6.07, 6.45) is 2.15. The molecule has 1 aromatic rings. The Balaban J connectivity index is 2.09. The molecule has 2 atom stereocenters. The van der Waals surface area contributed by atoms with Crippen molar-refractivity contribution in [3.63, 3.8) is 0 Å². The van der Waals surface area contributed by atoms with E-state index in [4.69, 9.17) is 4.74 Å². The van der Waals surface area contributed by atoms with Gasteiger partial charge in [-0.1, -0.05) is 30.3 Å². The standard InChI is InChI=1S/C16H21NO2/c1-12(9-15-7-5-4-6-8-15)16(18)17-10-13(2)19-14(3)11-17/h4-9,13-14H,10-11H2,1-3H3/b12-9+/t13-,14+. The lowest BCUT2D eigenvalue weighted by Gasteiger charge is -2.35. The highest BCUT2D eigenvalue weighted by molar-refractivity contribution is 5.97. The zero-order valence-electron chi connectivity index (χ0n) is 11.8. The zero-order valence-corrected chi connectivity index (χ0v) is 11.8. The summed E-state index contributed by atoms with van der Waals surface area (Å²) < 4.78 is 5.65. The molecule has 2 rings (SSSR count). The van der Waals surface area contributed by atoms with Gasteiger partial charge in [0.15, 0.2) is 0 Å². The Hall–Kier alpha value is -1.61. The minimum absolute atomic E-state index is 0.103. The minimum atomic E-state index is 0.103. The normalized spacial score (nSPS) is 24.4. The predicted octanol–water partition coefficient (Wildman–Crippen LogP) is 2.73. The SMILES string of the molecule is C/C(=C\c1ccccc1)C(=O)N1C[C@@H](C)O[C@@H](C)C1. The van der Waals surface area contributed by atoms with Crippen LogP contribution in [-0.2, 0) is 9.53 Å². The van der Waals surface area contributed by atoms with Gasteiger partial charge in [0.25, 0.3) is 0 Å². The Labute approximate surface area is 114 Å². The van der Waals surface area contributed by atoms with E-state index < -0.39 is 0 Å². The number of carbonyl (C=O) groups excluding carboxylic acids is 1. The molecule has 1 aromatic carbocycles. The van der Waals surface area contributed by atoms with Gasteiger partial charge in [-0.15, -0.1) is 0 Å². The van der Waals surface area contributed by atoms with Crippen LogP contribution in [-0.4, -0.2) is 36.1 Å². The third kappa shape index (κ3) is 3.67. The fourth-order valence-corrected chi connectivity index (χ4v) is 2.45. The maximum atomic E-state index is 12.4. The first-order valence-corrected chi connectivity index (χ1v) is 6.74. The van der Waals surface area contributed by atoms with Crippen molar-refractivity contribution in [2.24, 2.45) is 0 Å². The van der Waals surface area contributed by atoms with E-state index in [1.807, 2.05) is 62.1 Å². The van der Waals surface area contributed by atoms with Crippen LogP contribution < -0.4 is 0 Å². The van der Waals surface area contributed by atoms with E-state index in [9.17, 15) is 4.79 Å². The molecule has 0 radical (unpaired) electrons. The molecule has 1 aliphatic rings. The first-order valence-electron chi connectivity index (χ1n) is 6.74. The molecule has 1 fully saturated rings. The topological polar surface area (TPSA) is 29.5 Å². The number of hydrogen-bond donors (Lipinski definition) is 0. The maximum Gasteiger partial charge on any atom is 0.249 e. The maximum absolute atomic E-state index is 12.4. The highest BCUT2D eigenvalue weighted by Crippen LogP contribution is 2.15. The number of benzene rings is 1. The van der Waals surface area contributed by atoms with E-state index in [0.717, 1.165) is 11.1 Å². The van der Waals surface area contributed by atoms with Crippen LogP contribution in [0.5, 0.6) is 0 Å². The van der Waals surface area contributed by atoms with Crippen LogP contribution in [0.15, 0.2) is 35.9 Å². The van der Waals surface area contributed by atoms with Crippen molar-refractivity contribution in [3.8, 4) is 0 Å². The van der Waals surface area contributed by atoms with Gasteiger partial charge in [-0.3, -0.25) is 4.79 Å². The molecule has 0 unspecified atom stereocenters. The molecular formula is C16H21NO2. The lowest BCUT2D eigenvalue weighted by atomic mass is 10.1. The van der Waals surface area contributed by atoms with Gasteiger partial charge in [-0.05, 0) is 32.4 Å². The Morgan fingerprint density at radius 1 is 1.21 bits per heavy atom. The van der Waals surface area contributed by atoms with Crippen molar-refractivity contribution in [1.82, 2.24) is 4.90 Å². The van der Waals surface area contributed by atoms with Crippen molar-refractivity contribution in [1.29, 1.82) is 0 Å². The van der Waals surface area contributed by atoms with Crippen LogP contribution in [0, 0.1) is 0 Å². The van der Waals surface area contributed by atoms with Crippen LogP contribution in [0.25, 0.3) is 6.08 Å². The lowest BCUT2D eigenvalue weighted by molar-refractivity contribution is -0.139. The second-order valence-electron chi connectivity index (χ2n) is 5.21. The molecule has 0 N–H and O–H groups in total. The molecule has 1 aliphatic heterocycles. The van der Waals surface area contributed by atoms with Gasteiger partial charge in [-0.2, -0.15) is 0 Å². The van der Waals surface area contributed by atoms with Crippen molar-refractivity contribution in [2.45, 2.75) is 33.0 Å². The van der Waals surface area contributed by atoms with Gasteiger partial charge in [-0.25, -0.2) is 0 Å². The van der Waals surface area contributed by atoms with E-state index in [1.54, 1.807) is 0 Å². The molecule has 1 heterocycles. The van der Waals surface area contributed by atoms with Crippen LogP contribution in [0.1, 0.15) is 26.3 Å². The van der Waals surface area contributed by atoms with E-state index in [-0.39, 0.29) is 18.1 Å². The summed E-state index contributed by atoms with van der Waals surface area (Å²) in [5.41, 5.74) is 1.83. The van der Waals surface area contributed by atoms with Crippen molar-refractivity contribution < 1.29 is 9.53 Å². The smallest absolute Gasteiger partial charge is 0.249 e. The summed E-state index contributed by atoms with van der Waals surface area (Å²) in [6, 6.07) is 9.92. The predicted molar refractivity (Wildman–Crippen MR) is 76.7 cm³/mol. The highest BCUT2D eigenvalue weighted by atomic mass is 16.5. The van der Waals surface area contributed by atoms with Crippen LogP contribution in [0.4, 0.5) is 0 Å². The molecule has 0 saturated carbocycles. The summed E-state index contributed by atoms with van der Waals surface area (Å²) in [4.78, 5) is 14.3. The Morgan fingerprint density at radius 3 is 2.37 bits per heavy atom. The number of rotatable bonds is 2. The lowest BCUT2D eigenvalue weighted by Crippen LogP contribution is -2.48. The van der Waals surface area contributed by atoms with Crippen molar-refractivity contribution in [2.75, 3.05) is 13.1 Å². The monoisotopic (exact) mass is 259 g/mol. The molecule has 0 aromatic heterocycles. The van der Waals surface area contributed by atoms with Gasteiger partial charge in [0, 0.05) is 18.7 Å². The van der Waals surface area contributed by atoms with Crippen LogP contribution >= 0.6 is 0 Å². The second-order valence-corrected chi connectivity index (χ2v) is 5.21. The van der Waals surface area contributed by atoms with Gasteiger partial charge >= 0.3 is 0 Å². The molecule has 1 amide bonds. The van der Waals surface area contributed by atoms with E-state index >= 15 is 0 Å². The molecule has 3 heteroatoms. The Morgan fingerprint density at radius 2 is 1.79 bits per heavy atom. The van der Waals surface area contributed by atoms with E-state index in [0.29, 0.717) is 13.1 Å². The molecule has 0 bridgehead atoms. The number of nitrogens with zero attached hydrogens (tertiary/aromatic N) is 1. The molecule has 1 saturated heterocycles. The Kier molecular flexibility index (Phi) is 4.38. The molecule has 102 valence electrons. The van der Waals surface area contributed by atoms with E-state index in [1.165, 1.54) is 0 Å². The average Bonchev–Trinajstić information content (AvgIpc) is 2.37. The van der Waals surface area contributed by atoms with Crippen LogP contribution in [0.2, 0.25) is 0 Å². The number of hydrogen-bond acceptors (Lipinski definition) is 2. The third-order valence-electron chi connectivity index (χ3n) is 3.23. The van der Waals surface area contributed by atoms with Crippen molar-refractivity contribution >= 4 is 12.0 Å². The fourth-order valence-electron chi connectivity index (χ4n) is 2.45. The van der Waals surface area contributed by atoms with Crippen LogP contribution in [0.3, 0.4) is 0 Å². The third-order valence-corrected chi connectivity index (χ3v) is 3.23. The first-order chi connectivity index (χ1) is 9.06. The molecule has 19 heavy (non-hydrogen) atoms. The second kappa shape index (κ2) is 6.02. The molecular weight excluding hydrogens is 238 g/mol. The first kappa shape index (κ1) is 13.8. The summed E-state index contributed by atoms with van der Waals surface area (Å²) in [7, 11) is 0. The number of ether oxygens (including phenoxy) is 1. The van der Waals surface area contributed by atoms with Gasteiger partial charge in [0.2, 0.25) is 5.91 Å². The van der Waals surface area contributed by atoms with Gasteiger partial charge in [0.05, 0.1) is 12.2 Å². The average molecular weight is 259 g/mol. The van der Waals surface area contributed by atoms with Gasteiger partial charge in [0.1, 0.15) is 0 Å². The highest BCUT2D eigenvalue weighted by Gasteiger charge is 2.26. The molecule has 3 nitrogen and oxygen atoms in total. The van der Waals surface area contributed by atoms with Gasteiger partial charge < -0.3 is 9.64 Å². The number of carbonyl (C=O) groups is 1. The largest absolute Gasteiger partial charge is 0.372 e. The summed E-state index contributed by atoms with van der Waals surface area (Å²) in [5.74, 6) is 0.103. The molecule has 0 aliphatic carbocycles. The minimum Gasteiger partial charge on any atom is -0.372 e. The van der Waals surface area contributed by atoms with E-state index in [2.05, 4.69) is 0 Å². The zero-order chi connectivity index (χ0) is 13.8. The number of amides is 1.